The number of rotatable bonds is 4. The standard InChI is InChI=1S/C22H16N2O2.BrH/c25-20-9-7-17(8-10-20)21-11-12-24(15-23-21)14-22(26)19-6-5-16-3-1-2-4-18(16)13-19;/h1-13,15H,14H2;1H/p+1. The maximum absolute atomic E-state index is 12.6. The summed E-state index contributed by atoms with van der Waals surface area (Å²) in [6, 6.07) is 22.5. The second kappa shape index (κ2) is 8.10. The number of carbonyl (C=O) groups excluding carboxylic acids is 1. The fourth-order valence-corrected chi connectivity index (χ4v) is 2.90. The van der Waals surface area contributed by atoms with Gasteiger partial charge in [-0.3, -0.25) is 4.79 Å². The third-order valence-corrected chi connectivity index (χ3v) is 4.33. The first-order valence-electron chi connectivity index (χ1n) is 8.35. The molecule has 3 aromatic carbocycles. The molecule has 0 radical (unpaired) electrons. The van der Waals surface area contributed by atoms with Gasteiger partial charge >= 0.3 is 0 Å². The highest BCUT2D eigenvalue weighted by atomic mass is 79.9. The SMILES string of the molecule is Br.O=C(C[n+]1ccc(-c2ccc(O)cc2)nc1)c1ccc2ccccc2c1. The highest BCUT2D eigenvalue weighted by Crippen LogP contribution is 2.19. The molecule has 0 aliphatic rings. The number of halogens is 1. The van der Waals surface area contributed by atoms with Crippen molar-refractivity contribution in [2.45, 2.75) is 6.54 Å². The summed E-state index contributed by atoms with van der Waals surface area (Å²) in [6.07, 6.45) is 3.50. The Morgan fingerprint density at radius 2 is 1.67 bits per heavy atom. The van der Waals surface area contributed by atoms with Gasteiger partial charge in [0.25, 0.3) is 6.33 Å². The second-order valence-electron chi connectivity index (χ2n) is 6.15. The Kier molecular flexibility index (Phi) is 5.62. The molecule has 0 atom stereocenters. The Morgan fingerprint density at radius 1 is 0.926 bits per heavy atom. The van der Waals surface area contributed by atoms with Crippen LogP contribution in [-0.4, -0.2) is 15.9 Å². The van der Waals surface area contributed by atoms with Crippen molar-refractivity contribution in [2.24, 2.45) is 0 Å². The maximum Gasteiger partial charge on any atom is 0.287 e. The van der Waals surface area contributed by atoms with E-state index in [1.165, 1.54) is 0 Å². The molecule has 0 aliphatic carbocycles. The smallest absolute Gasteiger partial charge is 0.287 e. The first kappa shape index (κ1) is 18.7. The molecule has 4 aromatic rings. The Labute approximate surface area is 167 Å². The van der Waals surface area contributed by atoms with Gasteiger partial charge in [0.2, 0.25) is 5.78 Å². The van der Waals surface area contributed by atoms with Crippen molar-refractivity contribution in [3.63, 3.8) is 0 Å². The Balaban J connectivity index is 0.00000210. The van der Waals surface area contributed by atoms with Crippen LogP contribution in [0.1, 0.15) is 10.4 Å². The van der Waals surface area contributed by atoms with E-state index in [2.05, 4.69) is 4.98 Å². The average molecular weight is 422 g/mol. The molecule has 0 bridgehead atoms. The highest BCUT2D eigenvalue weighted by molar-refractivity contribution is 8.93. The van der Waals surface area contributed by atoms with Crippen LogP contribution in [0, 0.1) is 0 Å². The monoisotopic (exact) mass is 421 g/mol. The van der Waals surface area contributed by atoms with Crippen molar-refractivity contribution in [1.82, 2.24) is 4.98 Å². The molecule has 0 spiro atoms. The molecule has 0 amide bonds. The number of benzene rings is 3. The van der Waals surface area contributed by atoms with Gasteiger partial charge in [0.15, 0.2) is 12.2 Å². The first-order valence-corrected chi connectivity index (χ1v) is 8.35. The number of hydrogen-bond donors (Lipinski definition) is 1. The molecule has 1 aromatic heterocycles. The Morgan fingerprint density at radius 3 is 2.37 bits per heavy atom. The minimum absolute atomic E-state index is 0. The van der Waals surface area contributed by atoms with E-state index in [0.717, 1.165) is 22.0 Å². The zero-order valence-corrected chi connectivity index (χ0v) is 16.2. The van der Waals surface area contributed by atoms with Crippen LogP contribution < -0.4 is 4.57 Å². The van der Waals surface area contributed by atoms with Crippen LogP contribution in [0.15, 0.2) is 85.3 Å². The summed E-state index contributed by atoms with van der Waals surface area (Å²) in [7, 11) is 0. The lowest BCUT2D eigenvalue weighted by Crippen LogP contribution is -2.37. The van der Waals surface area contributed by atoms with Crippen LogP contribution in [0.2, 0.25) is 0 Å². The van der Waals surface area contributed by atoms with E-state index in [0.29, 0.717) is 5.56 Å². The number of ketones is 1. The molecule has 0 aliphatic heterocycles. The molecular formula is C22H18BrN2O2+. The van der Waals surface area contributed by atoms with E-state index < -0.39 is 0 Å². The number of phenols is 1. The van der Waals surface area contributed by atoms with E-state index in [1.807, 2.05) is 66.9 Å². The molecule has 27 heavy (non-hydrogen) atoms. The van der Waals surface area contributed by atoms with Crippen molar-refractivity contribution in [1.29, 1.82) is 0 Å². The van der Waals surface area contributed by atoms with Crippen LogP contribution in [0.3, 0.4) is 0 Å². The molecule has 0 saturated carbocycles. The Hall–Kier alpha value is -3.05. The average Bonchev–Trinajstić information content (AvgIpc) is 2.69. The van der Waals surface area contributed by atoms with Gasteiger partial charge < -0.3 is 5.11 Å². The number of aromatic nitrogens is 2. The second-order valence-corrected chi connectivity index (χ2v) is 6.15. The number of nitrogens with zero attached hydrogens (tertiary/aromatic N) is 2. The molecule has 1 N–H and O–H groups in total. The van der Waals surface area contributed by atoms with Crippen LogP contribution in [0.25, 0.3) is 22.0 Å². The summed E-state index contributed by atoms with van der Waals surface area (Å²) in [6.45, 7) is 0.237. The van der Waals surface area contributed by atoms with Gasteiger partial charge in [-0.15, -0.1) is 17.0 Å². The quantitative estimate of drug-likeness (QED) is 0.393. The predicted octanol–water partition coefficient (Wildman–Crippen LogP) is 4.36. The van der Waals surface area contributed by atoms with E-state index in [-0.39, 0.29) is 35.1 Å². The molecule has 4 nitrogen and oxygen atoms in total. The van der Waals surface area contributed by atoms with Gasteiger partial charge in [-0.25, -0.2) is 4.57 Å². The zero-order chi connectivity index (χ0) is 17.9. The minimum Gasteiger partial charge on any atom is -0.508 e. The van der Waals surface area contributed by atoms with E-state index >= 15 is 0 Å². The number of fused-ring (bicyclic) bond motifs is 1. The lowest BCUT2D eigenvalue weighted by Gasteiger charge is -2.03. The van der Waals surface area contributed by atoms with Crippen LogP contribution in [0.4, 0.5) is 0 Å². The fraction of sp³-hybridized carbons (Fsp3) is 0.0455. The van der Waals surface area contributed by atoms with E-state index in [9.17, 15) is 9.90 Å². The first-order chi connectivity index (χ1) is 12.7. The van der Waals surface area contributed by atoms with Crippen molar-refractivity contribution in [3.8, 4) is 17.0 Å². The van der Waals surface area contributed by atoms with Crippen molar-refractivity contribution < 1.29 is 14.5 Å². The number of Topliss-reactive ketones (excluding diaryl/α,β-unsaturated/α-hetero) is 1. The molecule has 4 rings (SSSR count). The van der Waals surface area contributed by atoms with Gasteiger partial charge in [0, 0.05) is 17.2 Å². The largest absolute Gasteiger partial charge is 0.508 e. The fourth-order valence-electron chi connectivity index (χ4n) is 2.90. The molecule has 1 heterocycles. The lowest BCUT2D eigenvalue weighted by atomic mass is 10.0. The maximum atomic E-state index is 12.6. The molecule has 0 unspecified atom stereocenters. The number of hydrogen-bond acceptors (Lipinski definition) is 3. The number of aromatic hydroxyl groups is 1. The summed E-state index contributed by atoms with van der Waals surface area (Å²) in [5.74, 6) is 0.265. The summed E-state index contributed by atoms with van der Waals surface area (Å²) < 4.78 is 1.77. The van der Waals surface area contributed by atoms with E-state index in [1.54, 1.807) is 23.0 Å². The third-order valence-electron chi connectivity index (χ3n) is 4.33. The highest BCUT2D eigenvalue weighted by Gasteiger charge is 2.12. The lowest BCUT2D eigenvalue weighted by molar-refractivity contribution is -0.686. The topological polar surface area (TPSA) is 54.1 Å². The third kappa shape index (κ3) is 4.20. The summed E-state index contributed by atoms with van der Waals surface area (Å²) in [4.78, 5) is 17.0. The molecule has 5 heteroatoms. The molecule has 134 valence electrons. The van der Waals surface area contributed by atoms with Crippen LogP contribution in [0.5, 0.6) is 5.75 Å². The molecule has 0 saturated heterocycles. The summed E-state index contributed by atoms with van der Waals surface area (Å²) in [5, 5.41) is 11.5. The number of carbonyl (C=O) groups is 1. The van der Waals surface area contributed by atoms with Gasteiger partial charge in [0.1, 0.15) is 5.75 Å². The van der Waals surface area contributed by atoms with Crippen molar-refractivity contribution in [3.05, 3.63) is 90.9 Å². The summed E-state index contributed by atoms with van der Waals surface area (Å²) >= 11 is 0. The van der Waals surface area contributed by atoms with Crippen molar-refractivity contribution >= 4 is 33.5 Å². The number of phenolic OH excluding ortho intramolecular Hbond substituents is 1. The van der Waals surface area contributed by atoms with Gasteiger partial charge in [-0.05, 0) is 46.1 Å². The van der Waals surface area contributed by atoms with Gasteiger partial charge in [-0.1, -0.05) is 36.4 Å². The zero-order valence-electron chi connectivity index (χ0n) is 14.4. The normalized spacial score (nSPS) is 10.4. The summed E-state index contributed by atoms with van der Waals surface area (Å²) in [5.41, 5.74) is 2.40. The van der Waals surface area contributed by atoms with E-state index in [4.69, 9.17) is 0 Å². The molecular weight excluding hydrogens is 404 g/mol. The Bertz CT molecular complexity index is 1080. The van der Waals surface area contributed by atoms with Crippen LogP contribution in [-0.2, 0) is 6.54 Å². The minimum atomic E-state index is 0. The predicted molar refractivity (Wildman–Crippen MR) is 110 cm³/mol. The molecule has 0 fully saturated rings. The van der Waals surface area contributed by atoms with Gasteiger partial charge in [0.05, 0.1) is 6.20 Å². The van der Waals surface area contributed by atoms with Gasteiger partial charge in [-0.2, -0.15) is 0 Å². The van der Waals surface area contributed by atoms with Crippen molar-refractivity contribution in [2.75, 3.05) is 0 Å². The van der Waals surface area contributed by atoms with Crippen LogP contribution >= 0.6 is 17.0 Å².